The third kappa shape index (κ3) is 2.26. The summed E-state index contributed by atoms with van der Waals surface area (Å²) >= 11 is 0. The maximum atomic E-state index is 12.4. The number of β-amino-alcohol motifs (C(OH)–C–C–N with tert-alkyl or cyclic N) is 1. The normalized spacial score (nSPS) is 20.9. The van der Waals surface area contributed by atoms with E-state index in [1.165, 1.54) is 13.8 Å². The van der Waals surface area contributed by atoms with E-state index < -0.39 is 22.1 Å². The van der Waals surface area contributed by atoms with Gasteiger partial charge in [0.05, 0.1) is 6.10 Å². The molecular weight excluding hydrogens is 274 g/mol. The molecule has 2 N–H and O–H groups in total. The molecule has 1 unspecified atom stereocenters. The Morgan fingerprint density at radius 2 is 2.00 bits per heavy atom. The molecule has 1 aromatic heterocycles. The number of hydrogen-bond donors (Lipinski definition) is 2. The standard InChI is InChI=1S/C11H15NO6S/c1-6-9(11(14)15)10(7(2)18-6)19(16,17)12-4-3-8(13)5-12/h8,13H,3-5H2,1-2H3,(H,14,15). The van der Waals surface area contributed by atoms with Crippen molar-refractivity contribution in [3.05, 3.63) is 17.1 Å². The van der Waals surface area contributed by atoms with Gasteiger partial charge in [-0.15, -0.1) is 0 Å². The zero-order valence-corrected chi connectivity index (χ0v) is 11.4. The molecule has 8 heteroatoms. The van der Waals surface area contributed by atoms with Crippen LogP contribution >= 0.6 is 0 Å². The number of furan rings is 1. The lowest BCUT2D eigenvalue weighted by Crippen LogP contribution is -2.31. The monoisotopic (exact) mass is 289 g/mol. The second kappa shape index (κ2) is 4.62. The summed E-state index contributed by atoms with van der Waals surface area (Å²) in [5, 5.41) is 18.5. The fraction of sp³-hybridized carbons (Fsp3) is 0.545. The number of aryl methyl sites for hydroxylation is 2. The molecule has 0 radical (unpaired) electrons. The van der Waals surface area contributed by atoms with E-state index in [1.807, 2.05) is 0 Å². The Labute approximate surface area is 110 Å². The summed E-state index contributed by atoms with van der Waals surface area (Å²) in [6.07, 6.45) is -0.367. The summed E-state index contributed by atoms with van der Waals surface area (Å²) in [6.45, 7) is 2.98. The minimum Gasteiger partial charge on any atom is -0.478 e. The number of aromatic carboxylic acids is 1. The Hall–Kier alpha value is -1.38. The van der Waals surface area contributed by atoms with Crippen molar-refractivity contribution in [2.24, 2.45) is 0 Å². The predicted octanol–water partition coefficient (Wildman–Crippen LogP) is 0.350. The zero-order chi connectivity index (χ0) is 14.4. The Kier molecular flexibility index (Phi) is 3.41. The average molecular weight is 289 g/mol. The maximum Gasteiger partial charge on any atom is 0.340 e. The number of nitrogens with zero attached hydrogens (tertiary/aromatic N) is 1. The highest BCUT2D eigenvalue weighted by molar-refractivity contribution is 7.89. The third-order valence-corrected chi connectivity index (χ3v) is 5.16. The SMILES string of the molecule is Cc1oc(C)c(S(=O)(=O)N2CCC(O)C2)c1C(=O)O. The molecular formula is C11H15NO6S. The van der Waals surface area contributed by atoms with Crippen molar-refractivity contribution in [3.63, 3.8) is 0 Å². The first kappa shape index (κ1) is 14.0. The first-order chi connectivity index (χ1) is 8.75. The smallest absolute Gasteiger partial charge is 0.340 e. The minimum absolute atomic E-state index is 0.0228. The first-order valence-corrected chi connectivity index (χ1v) is 7.20. The second-order valence-electron chi connectivity index (χ2n) is 4.53. The summed E-state index contributed by atoms with van der Waals surface area (Å²) in [4.78, 5) is 10.9. The van der Waals surface area contributed by atoms with E-state index in [0.717, 1.165) is 4.31 Å². The number of carboxylic acid groups (broad SMARTS) is 1. The van der Waals surface area contributed by atoms with Crippen LogP contribution in [-0.4, -0.2) is 48.1 Å². The lowest BCUT2D eigenvalue weighted by atomic mass is 10.2. The van der Waals surface area contributed by atoms with Gasteiger partial charge in [0.1, 0.15) is 22.0 Å². The summed E-state index contributed by atoms with van der Waals surface area (Å²) < 4.78 is 31.1. The molecule has 19 heavy (non-hydrogen) atoms. The van der Waals surface area contributed by atoms with Crippen LogP contribution in [0.3, 0.4) is 0 Å². The van der Waals surface area contributed by atoms with E-state index in [9.17, 15) is 18.3 Å². The van der Waals surface area contributed by atoms with E-state index >= 15 is 0 Å². The molecule has 1 aliphatic heterocycles. The molecule has 0 amide bonds. The molecule has 1 saturated heterocycles. The number of hydrogen-bond acceptors (Lipinski definition) is 5. The van der Waals surface area contributed by atoms with Crippen molar-refractivity contribution in [2.75, 3.05) is 13.1 Å². The van der Waals surface area contributed by atoms with Crippen LogP contribution in [0, 0.1) is 13.8 Å². The van der Waals surface area contributed by atoms with Crippen molar-refractivity contribution in [1.29, 1.82) is 0 Å². The highest BCUT2D eigenvalue weighted by Crippen LogP contribution is 2.30. The van der Waals surface area contributed by atoms with Crippen LogP contribution in [-0.2, 0) is 10.0 Å². The van der Waals surface area contributed by atoms with Crippen LogP contribution in [0.2, 0.25) is 0 Å². The van der Waals surface area contributed by atoms with Gasteiger partial charge in [-0.25, -0.2) is 13.2 Å². The van der Waals surface area contributed by atoms with Crippen LogP contribution in [0.4, 0.5) is 0 Å². The molecule has 0 spiro atoms. The van der Waals surface area contributed by atoms with Gasteiger partial charge in [-0.2, -0.15) is 4.31 Å². The average Bonchev–Trinajstić information content (AvgIpc) is 2.82. The third-order valence-electron chi connectivity index (χ3n) is 3.14. The van der Waals surface area contributed by atoms with Gasteiger partial charge in [0.2, 0.25) is 10.0 Å². The number of carboxylic acids is 1. The van der Waals surface area contributed by atoms with E-state index in [0.29, 0.717) is 6.42 Å². The minimum atomic E-state index is -3.96. The van der Waals surface area contributed by atoms with Gasteiger partial charge in [-0.05, 0) is 20.3 Å². The number of rotatable bonds is 3. The summed E-state index contributed by atoms with van der Waals surface area (Å²) in [5.74, 6) is -1.23. The predicted molar refractivity (Wildman–Crippen MR) is 64.5 cm³/mol. The summed E-state index contributed by atoms with van der Waals surface area (Å²) in [7, 11) is -3.96. The van der Waals surface area contributed by atoms with Gasteiger partial charge >= 0.3 is 5.97 Å². The van der Waals surface area contributed by atoms with E-state index in [1.54, 1.807) is 0 Å². The van der Waals surface area contributed by atoms with Gasteiger partial charge in [-0.3, -0.25) is 0 Å². The molecule has 106 valence electrons. The van der Waals surface area contributed by atoms with Gasteiger partial charge in [0.15, 0.2) is 0 Å². The molecule has 1 aliphatic rings. The molecule has 7 nitrogen and oxygen atoms in total. The fourth-order valence-electron chi connectivity index (χ4n) is 2.28. The van der Waals surface area contributed by atoms with Crippen molar-refractivity contribution < 1.29 is 27.8 Å². The molecule has 1 fully saturated rings. The largest absolute Gasteiger partial charge is 0.478 e. The molecule has 2 rings (SSSR count). The second-order valence-corrected chi connectivity index (χ2v) is 6.40. The molecule has 0 saturated carbocycles. The van der Waals surface area contributed by atoms with Crippen LogP contribution in [0.1, 0.15) is 28.3 Å². The Morgan fingerprint density at radius 3 is 2.47 bits per heavy atom. The van der Waals surface area contributed by atoms with Crippen LogP contribution in [0.15, 0.2) is 9.31 Å². The number of aliphatic hydroxyl groups excluding tert-OH is 1. The fourth-order valence-corrected chi connectivity index (χ4v) is 4.15. The van der Waals surface area contributed by atoms with Gasteiger partial charge in [0, 0.05) is 13.1 Å². The lowest BCUT2D eigenvalue weighted by Gasteiger charge is -2.15. The Morgan fingerprint density at radius 1 is 1.37 bits per heavy atom. The molecule has 0 bridgehead atoms. The highest BCUT2D eigenvalue weighted by Gasteiger charge is 2.38. The quantitative estimate of drug-likeness (QED) is 0.831. The molecule has 2 heterocycles. The van der Waals surface area contributed by atoms with Gasteiger partial charge in [-0.1, -0.05) is 0 Å². The molecule has 0 aliphatic carbocycles. The van der Waals surface area contributed by atoms with E-state index in [4.69, 9.17) is 9.52 Å². The molecule has 1 atom stereocenters. The van der Waals surface area contributed by atoms with Crippen molar-refractivity contribution in [1.82, 2.24) is 4.31 Å². The van der Waals surface area contributed by atoms with Gasteiger partial charge < -0.3 is 14.6 Å². The Balaban J connectivity index is 2.55. The number of carbonyl (C=O) groups is 1. The molecule has 0 aromatic carbocycles. The van der Waals surface area contributed by atoms with Crippen LogP contribution in [0.25, 0.3) is 0 Å². The van der Waals surface area contributed by atoms with Crippen LogP contribution in [0.5, 0.6) is 0 Å². The lowest BCUT2D eigenvalue weighted by molar-refractivity contribution is 0.0691. The maximum absolute atomic E-state index is 12.4. The summed E-state index contributed by atoms with van der Waals surface area (Å²) in [5.41, 5.74) is -0.334. The topological polar surface area (TPSA) is 108 Å². The van der Waals surface area contributed by atoms with Crippen molar-refractivity contribution >= 4 is 16.0 Å². The summed E-state index contributed by atoms with van der Waals surface area (Å²) in [6, 6.07) is 0. The van der Waals surface area contributed by atoms with Gasteiger partial charge in [0.25, 0.3) is 0 Å². The highest BCUT2D eigenvalue weighted by atomic mass is 32.2. The number of sulfonamides is 1. The van der Waals surface area contributed by atoms with Crippen molar-refractivity contribution in [2.45, 2.75) is 31.3 Å². The van der Waals surface area contributed by atoms with E-state index in [2.05, 4.69) is 0 Å². The zero-order valence-electron chi connectivity index (χ0n) is 10.6. The van der Waals surface area contributed by atoms with Crippen molar-refractivity contribution in [3.8, 4) is 0 Å². The van der Waals surface area contributed by atoms with Crippen LogP contribution < -0.4 is 0 Å². The Bertz CT molecular complexity index is 617. The van der Waals surface area contributed by atoms with E-state index in [-0.39, 0.29) is 35.1 Å². The first-order valence-electron chi connectivity index (χ1n) is 5.76. The number of aliphatic hydroxyl groups is 1. The molecule has 1 aromatic rings.